The lowest BCUT2D eigenvalue weighted by Crippen LogP contribution is -2.29. The van der Waals surface area contributed by atoms with E-state index in [1.807, 2.05) is 0 Å². The van der Waals surface area contributed by atoms with Gasteiger partial charge in [-0.3, -0.25) is 18.6 Å². The summed E-state index contributed by atoms with van der Waals surface area (Å²) in [6, 6.07) is 0. The highest BCUT2D eigenvalue weighted by Crippen LogP contribution is 2.43. The molecular formula is C49H89O8P. The average Bonchev–Trinajstić information content (AvgIpc) is 3.20. The van der Waals surface area contributed by atoms with Crippen molar-refractivity contribution in [3.8, 4) is 0 Å². The van der Waals surface area contributed by atoms with Gasteiger partial charge in [0.25, 0.3) is 0 Å². The van der Waals surface area contributed by atoms with E-state index in [0.717, 1.165) is 51.4 Å². The third-order valence-corrected chi connectivity index (χ3v) is 11.2. The molecule has 0 spiro atoms. The van der Waals surface area contributed by atoms with Crippen molar-refractivity contribution in [3.05, 3.63) is 48.6 Å². The van der Waals surface area contributed by atoms with Crippen LogP contribution in [0.25, 0.3) is 0 Å². The summed E-state index contributed by atoms with van der Waals surface area (Å²) in [6.45, 7) is 5.44. The van der Waals surface area contributed by atoms with E-state index >= 15 is 0 Å². The number of phosphoric ester groups is 1. The minimum absolute atomic E-state index is 0.00202. The second-order valence-electron chi connectivity index (χ2n) is 15.8. The molecule has 0 aromatic rings. The normalized spacial score (nSPS) is 13.7. The molecule has 2 unspecified atom stereocenters. The molecule has 0 fully saturated rings. The first-order valence-electron chi connectivity index (χ1n) is 23.9. The van der Waals surface area contributed by atoms with Crippen LogP contribution in [0, 0.1) is 0 Å². The molecule has 58 heavy (non-hydrogen) atoms. The van der Waals surface area contributed by atoms with Crippen LogP contribution in [0.3, 0.4) is 0 Å². The second kappa shape index (κ2) is 44.6. The summed E-state index contributed by atoms with van der Waals surface area (Å²) < 4.78 is 32.7. The second-order valence-corrected chi connectivity index (χ2v) is 17.2. The van der Waals surface area contributed by atoms with Crippen molar-refractivity contribution in [2.24, 2.45) is 0 Å². The van der Waals surface area contributed by atoms with Gasteiger partial charge in [0, 0.05) is 12.8 Å². The standard InChI is InChI=1S/C49H89O8P/c1-4-7-9-11-13-15-17-19-21-23-25-27-29-31-33-35-37-39-41-43-48(50)54-45-47(46-56-58(52,53)55-6-3)57-49(51)44-42-40-38-36-34-32-30-28-26-24-22-20-18-16-14-12-10-8-5-2/h13-16,19-22,47H,4-12,17-18,23-46H2,1-3H3,(H,52,53)/b15-13-,16-14-,21-19-,22-20-. The zero-order valence-electron chi connectivity index (χ0n) is 37.7. The summed E-state index contributed by atoms with van der Waals surface area (Å²) in [5.41, 5.74) is 0. The van der Waals surface area contributed by atoms with Gasteiger partial charge >= 0.3 is 19.8 Å². The van der Waals surface area contributed by atoms with Crippen LogP contribution in [0.15, 0.2) is 48.6 Å². The van der Waals surface area contributed by atoms with Gasteiger partial charge in [-0.2, -0.15) is 0 Å². The van der Waals surface area contributed by atoms with E-state index in [1.54, 1.807) is 6.92 Å². The van der Waals surface area contributed by atoms with Gasteiger partial charge in [-0.25, -0.2) is 4.57 Å². The molecule has 0 aromatic carbocycles. The largest absolute Gasteiger partial charge is 0.472 e. The average molecular weight is 837 g/mol. The quantitative estimate of drug-likeness (QED) is 0.0280. The zero-order chi connectivity index (χ0) is 42.5. The number of carbonyl (C=O) groups is 2. The Morgan fingerprint density at radius 3 is 1.22 bits per heavy atom. The minimum atomic E-state index is -4.29. The molecule has 0 radical (unpaired) electrons. The number of rotatable bonds is 44. The van der Waals surface area contributed by atoms with E-state index in [-0.39, 0.29) is 32.0 Å². The van der Waals surface area contributed by atoms with E-state index < -0.39 is 26.5 Å². The maximum absolute atomic E-state index is 12.6. The Morgan fingerprint density at radius 2 is 0.828 bits per heavy atom. The maximum atomic E-state index is 12.6. The van der Waals surface area contributed by atoms with E-state index in [2.05, 4.69) is 62.5 Å². The number of allylic oxidation sites excluding steroid dienone is 8. The SMILES string of the molecule is CCCCC/C=C\C/C=C\CCCCCCCCCCCC(=O)OCC(COP(=O)(O)OCC)OC(=O)CCCCCCCCCCC/C=C\C/C=C\CCCCC. The van der Waals surface area contributed by atoms with E-state index in [9.17, 15) is 19.0 Å². The topological polar surface area (TPSA) is 108 Å². The van der Waals surface area contributed by atoms with Crippen LogP contribution in [0.2, 0.25) is 0 Å². The summed E-state index contributed by atoms with van der Waals surface area (Å²) in [7, 11) is -4.29. The molecule has 0 amide bonds. The van der Waals surface area contributed by atoms with Crippen LogP contribution >= 0.6 is 7.82 Å². The Hall–Kier alpha value is -1.99. The molecule has 0 aliphatic rings. The third-order valence-electron chi connectivity index (χ3n) is 10.1. The highest BCUT2D eigenvalue weighted by molar-refractivity contribution is 7.47. The molecule has 0 aliphatic heterocycles. The molecule has 8 nitrogen and oxygen atoms in total. The van der Waals surface area contributed by atoms with E-state index in [4.69, 9.17) is 18.5 Å². The Balaban J connectivity index is 4.03. The van der Waals surface area contributed by atoms with Crippen molar-refractivity contribution >= 4 is 19.8 Å². The summed E-state index contributed by atoms with van der Waals surface area (Å²) in [4.78, 5) is 34.9. The fraction of sp³-hybridized carbons (Fsp3) is 0.796. The highest BCUT2D eigenvalue weighted by Gasteiger charge is 2.25. The summed E-state index contributed by atoms with van der Waals surface area (Å²) in [6.07, 6.45) is 53.0. The first-order valence-corrected chi connectivity index (χ1v) is 25.4. The van der Waals surface area contributed by atoms with Gasteiger partial charge in [0.2, 0.25) is 0 Å². The fourth-order valence-electron chi connectivity index (χ4n) is 6.57. The van der Waals surface area contributed by atoms with Crippen molar-refractivity contribution in [1.29, 1.82) is 0 Å². The maximum Gasteiger partial charge on any atom is 0.472 e. The van der Waals surface area contributed by atoms with Crippen molar-refractivity contribution in [3.63, 3.8) is 0 Å². The number of esters is 2. The zero-order valence-corrected chi connectivity index (χ0v) is 38.6. The summed E-state index contributed by atoms with van der Waals surface area (Å²) >= 11 is 0. The van der Waals surface area contributed by atoms with Crippen molar-refractivity contribution in [1.82, 2.24) is 0 Å². The molecule has 0 aliphatic carbocycles. The van der Waals surface area contributed by atoms with Gasteiger partial charge < -0.3 is 14.4 Å². The predicted octanol–water partition coefficient (Wildman–Crippen LogP) is 15.3. The van der Waals surface area contributed by atoms with Crippen molar-refractivity contribution < 1.29 is 37.6 Å². The number of unbranched alkanes of at least 4 members (excludes halogenated alkanes) is 24. The number of hydrogen-bond donors (Lipinski definition) is 1. The molecule has 338 valence electrons. The lowest BCUT2D eigenvalue weighted by Gasteiger charge is -2.19. The number of ether oxygens (including phenoxy) is 2. The first-order chi connectivity index (χ1) is 28.3. The Kier molecular flexibility index (Phi) is 43.0. The molecule has 2 atom stereocenters. The Bertz CT molecular complexity index is 1080. The lowest BCUT2D eigenvalue weighted by molar-refractivity contribution is -0.161. The molecule has 0 heterocycles. The number of hydrogen-bond acceptors (Lipinski definition) is 7. The van der Waals surface area contributed by atoms with Crippen LogP contribution in [-0.4, -0.2) is 42.8 Å². The van der Waals surface area contributed by atoms with Crippen LogP contribution in [-0.2, 0) is 32.7 Å². The van der Waals surface area contributed by atoms with Crippen LogP contribution in [0.4, 0.5) is 0 Å². The molecule has 1 N–H and O–H groups in total. The lowest BCUT2D eigenvalue weighted by atomic mass is 10.1. The van der Waals surface area contributed by atoms with Crippen LogP contribution < -0.4 is 0 Å². The molecule has 9 heteroatoms. The van der Waals surface area contributed by atoms with Crippen molar-refractivity contribution in [2.75, 3.05) is 19.8 Å². The van der Waals surface area contributed by atoms with Gasteiger partial charge in [-0.05, 0) is 84.0 Å². The molecule has 0 aromatic heterocycles. The van der Waals surface area contributed by atoms with Gasteiger partial charge in [0.05, 0.1) is 13.2 Å². The smallest absolute Gasteiger partial charge is 0.462 e. The fourth-order valence-corrected chi connectivity index (χ4v) is 7.33. The predicted molar refractivity (Wildman–Crippen MR) is 244 cm³/mol. The Labute approximate surface area is 357 Å². The van der Waals surface area contributed by atoms with Crippen molar-refractivity contribution in [2.45, 2.75) is 232 Å². The summed E-state index contributed by atoms with van der Waals surface area (Å²) in [5.74, 6) is -0.803. The molecule has 0 bridgehead atoms. The molecule has 0 saturated carbocycles. The van der Waals surface area contributed by atoms with E-state index in [1.165, 1.54) is 135 Å². The first kappa shape index (κ1) is 56.0. The van der Waals surface area contributed by atoms with E-state index in [0.29, 0.717) is 6.42 Å². The van der Waals surface area contributed by atoms with Gasteiger partial charge in [0.15, 0.2) is 6.10 Å². The minimum Gasteiger partial charge on any atom is -0.462 e. The molecule has 0 rings (SSSR count). The summed E-state index contributed by atoms with van der Waals surface area (Å²) in [5, 5.41) is 0. The van der Waals surface area contributed by atoms with Gasteiger partial charge in [-0.1, -0.05) is 178 Å². The van der Waals surface area contributed by atoms with Gasteiger partial charge in [0.1, 0.15) is 6.61 Å². The van der Waals surface area contributed by atoms with Crippen LogP contribution in [0.1, 0.15) is 226 Å². The number of phosphoric acid groups is 1. The third kappa shape index (κ3) is 43.6. The molecule has 0 saturated heterocycles. The molecular weight excluding hydrogens is 748 g/mol. The number of carbonyl (C=O) groups excluding carboxylic acids is 2. The highest BCUT2D eigenvalue weighted by atomic mass is 31.2. The van der Waals surface area contributed by atoms with Gasteiger partial charge in [-0.15, -0.1) is 0 Å². The van der Waals surface area contributed by atoms with Crippen LogP contribution in [0.5, 0.6) is 0 Å². The monoisotopic (exact) mass is 837 g/mol. The Morgan fingerprint density at radius 1 is 0.466 bits per heavy atom.